The van der Waals surface area contributed by atoms with Crippen LogP contribution in [-0.2, 0) is 30.4 Å². The third kappa shape index (κ3) is 9.85. The molecule has 0 atom stereocenters. The maximum absolute atomic E-state index is 10.4. The molecule has 0 radical (unpaired) electrons. The molecule has 0 saturated heterocycles. The average Bonchev–Trinajstić information content (AvgIpc) is 2.67. The van der Waals surface area contributed by atoms with Gasteiger partial charge in [-0.25, -0.2) is 0 Å². The Morgan fingerprint density at radius 1 is 0.485 bits per heavy atom. The highest BCUT2D eigenvalue weighted by Crippen LogP contribution is 2.20. The van der Waals surface area contributed by atoms with Gasteiger partial charge in [0.25, 0.3) is 30.4 Å². The van der Waals surface area contributed by atoms with Crippen molar-refractivity contribution in [2.45, 2.75) is 14.7 Å². The van der Waals surface area contributed by atoms with E-state index in [1.807, 2.05) is 0 Å². The van der Waals surface area contributed by atoms with Crippen LogP contribution in [0.5, 0.6) is 17.2 Å². The Morgan fingerprint density at radius 3 is 1.36 bits per heavy atom. The molecule has 0 bridgehead atoms. The number of aromatic hydroxyl groups is 3. The van der Waals surface area contributed by atoms with Crippen molar-refractivity contribution in [3.8, 4) is 17.2 Å². The number of para-hydroxylation sites is 1. The number of hydrogen-bond acceptors (Lipinski definition) is 9. The van der Waals surface area contributed by atoms with Crippen LogP contribution < -0.4 is 0 Å². The normalized spacial score (nSPS) is 11.4. The van der Waals surface area contributed by atoms with Gasteiger partial charge in [-0.05, 0) is 48.5 Å². The smallest absolute Gasteiger partial charge is 0.298 e. The summed E-state index contributed by atoms with van der Waals surface area (Å²) in [5.41, 5.74) is 0. The van der Waals surface area contributed by atoms with Crippen molar-refractivity contribution >= 4 is 30.4 Å². The lowest BCUT2D eigenvalue weighted by Gasteiger charge is -1.97. The number of rotatable bonds is 3. The lowest BCUT2D eigenvalue weighted by molar-refractivity contribution is 0.443. The Balaban J connectivity index is 0.000000247. The SMILES string of the molecule is O=S(=O)(O)c1ccc(O)cc1.O=S(=O)(O)c1cccc(O)c1.O=S(=O)(O)c1ccccc1O. The Morgan fingerprint density at radius 2 is 1.00 bits per heavy atom. The first-order valence-corrected chi connectivity index (χ1v) is 12.6. The summed E-state index contributed by atoms with van der Waals surface area (Å²) >= 11 is 0. The predicted molar refractivity (Wildman–Crippen MR) is 114 cm³/mol. The van der Waals surface area contributed by atoms with Gasteiger partial charge < -0.3 is 15.3 Å². The van der Waals surface area contributed by atoms with Crippen molar-refractivity contribution in [1.82, 2.24) is 0 Å². The predicted octanol–water partition coefficient (Wildman–Crippen LogP) is 1.92. The Labute approximate surface area is 189 Å². The molecule has 15 heteroatoms. The molecular formula is C18H18O12S3. The van der Waals surface area contributed by atoms with Crippen molar-refractivity contribution in [2.24, 2.45) is 0 Å². The first kappa shape index (κ1) is 27.8. The third-order valence-electron chi connectivity index (χ3n) is 3.39. The zero-order valence-corrected chi connectivity index (χ0v) is 18.7. The molecule has 0 amide bonds. The van der Waals surface area contributed by atoms with Gasteiger partial charge in [-0.1, -0.05) is 18.2 Å². The standard InChI is InChI=1S/3C6H6O4S/c7-5-1-3-6(4-2-5)11(8,9)10;7-5-2-1-3-6(4-5)11(8,9)10;7-5-3-1-2-4-6(5)11(8,9)10/h3*1-4,7H,(H,8,9,10). The molecule has 0 aliphatic rings. The van der Waals surface area contributed by atoms with E-state index in [1.54, 1.807) is 0 Å². The van der Waals surface area contributed by atoms with Crippen LogP contribution in [0.25, 0.3) is 0 Å². The van der Waals surface area contributed by atoms with E-state index in [2.05, 4.69) is 0 Å². The zero-order chi connectivity index (χ0) is 25.4. The highest BCUT2D eigenvalue weighted by Gasteiger charge is 2.13. The van der Waals surface area contributed by atoms with E-state index in [9.17, 15) is 25.3 Å². The molecule has 3 aromatic rings. The van der Waals surface area contributed by atoms with E-state index in [0.29, 0.717) is 0 Å². The number of phenolic OH excluding ortho intramolecular Hbond substituents is 3. The number of hydrogen-bond donors (Lipinski definition) is 6. The van der Waals surface area contributed by atoms with Gasteiger partial charge in [0.2, 0.25) is 0 Å². The molecule has 33 heavy (non-hydrogen) atoms. The van der Waals surface area contributed by atoms with Gasteiger partial charge in [0.15, 0.2) is 0 Å². The monoisotopic (exact) mass is 522 g/mol. The average molecular weight is 523 g/mol. The van der Waals surface area contributed by atoms with Crippen molar-refractivity contribution in [3.05, 3.63) is 72.8 Å². The Kier molecular flexibility index (Phi) is 9.34. The summed E-state index contributed by atoms with van der Waals surface area (Å²) in [4.78, 5) is -1.01. The number of benzene rings is 3. The second kappa shape index (κ2) is 11.1. The quantitative estimate of drug-likeness (QED) is 0.271. The summed E-state index contributed by atoms with van der Waals surface area (Å²) in [5.74, 6) is -0.687. The molecule has 0 heterocycles. The zero-order valence-electron chi connectivity index (χ0n) is 16.3. The van der Waals surface area contributed by atoms with E-state index in [-0.39, 0.29) is 21.3 Å². The summed E-state index contributed by atoms with van der Waals surface area (Å²) in [5, 5.41) is 26.5. The summed E-state index contributed by atoms with van der Waals surface area (Å²) in [6.45, 7) is 0. The molecule has 12 nitrogen and oxygen atoms in total. The minimum atomic E-state index is -4.28. The third-order valence-corrected chi connectivity index (χ3v) is 6.01. The summed E-state index contributed by atoms with van der Waals surface area (Å²) in [6.07, 6.45) is 0. The second-order valence-electron chi connectivity index (χ2n) is 5.88. The molecule has 3 rings (SSSR count). The fourth-order valence-electron chi connectivity index (χ4n) is 1.94. The Hall–Kier alpha value is -3.21. The maximum Gasteiger partial charge on any atom is 0.298 e. The molecule has 180 valence electrons. The number of phenols is 3. The molecule has 0 unspecified atom stereocenters. The van der Waals surface area contributed by atoms with E-state index >= 15 is 0 Å². The van der Waals surface area contributed by atoms with Crippen molar-refractivity contribution < 1.29 is 54.2 Å². The maximum atomic E-state index is 10.4. The van der Waals surface area contributed by atoms with Crippen LogP contribution in [0.4, 0.5) is 0 Å². The van der Waals surface area contributed by atoms with Gasteiger partial charge in [-0.15, -0.1) is 0 Å². The van der Waals surface area contributed by atoms with Crippen LogP contribution in [0.3, 0.4) is 0 Å². The van der Waals surface area contributed by atoms with Crippen LogP contribution in [0.2, 0.25) is 0 Å². The van der Waals surface area contributed by atoms with Crippen LogP contribution >= 0.6 is 0 Å². The van der Waals surface area contributed by atoms with E-state index in [0.717, 1.165) is 24.3 Å². The van der Waals surface area contributed by atoms with E-state index in [4.69, 9.17) is 29.0 Å². The first-order chi connectivity index (χ1) is 15.0. The highest BCUT2D eigenvalue weighted by atomic mass is 32.2. The van der Waals surface area contributed by atoms with Crippen LogP contribution in [-0.4, -0.2) is 54.2 Å². The van der Waals surface area contributed by atoms with Gasteiger partial charge in [0.05, 0.1) is 9.79 Å². The first-order valence-electron chi connectivity index (χ1n) is 8.30. The van der Waals surface area contributed by atoms with Gasteiger partial charge in [-0.3, -0.25) is 13.7 Å². The van der Waals surface area contributed by atoms with E-state index in [1.165, 1.54) is 48.5 Å². The minimum Gasteiger partial charge on any atom is -0.508 e. The topological polar surface area (TPSA) is 224 Å². The lowest BCUT2D eigenvalue weighted by Crippen LogP contribution is -1.97. The second-order valence-corrected chi connectivity index (χ2v) is 10.1. The molecule has 0 aromatic heterocycles. The van der Waals surface area contributed by atoms with Gasteiger partial charge >= 0.3 is 0 Å². The van der Waals surface area contributed by atoms with Crippen molar-refractivity contribution in [1.29, 1.82) is 0 Å². The molecule has 6 N–H and O–H groups in total. The molecule has 0 spiro atoms. The van der Waals surface area contributed by atoms with Gasteiger partial charge in [0.1, 0.15) is 22.1 Å². The van der Waals surface area contributed by atoms with Crippen LogP contribution in [0, 0.1) is 0 Å². The molecule has 0 aliphatic heterocycles. The van der Waals surface area contributed by atoms with Gasteiger partial charge in [0, 0.05) is 6.07 Å². The fraction of sp³-hybridized carbons (Fsp3) is 0. The molecular weight excluding hydrogens is 504 g/mol. The van der Waals surface area contributed by atoms with Crippen molar-refractivity contribution in [2.75, 3.05) is 0 Å². The summed E-state index contributed by atoms with van der Waals surface area (Å²) in [7, 11) is -12.6. The minimum absolute atomic E-state index is 0.0441. The van der Waals surface area contributed by atoms with Crippen molar-refractivity contribution in [3.63, 3.8) is 0 Å². The highest BCUT2D eigenvalue weighted by molar-refractivity contribution is 7.86. The molecule has 3 aromatic carbocycles. The lowest BCUT2D eigenvalue weighted by atomic mass is 10.3. The Bertz CT molecular complexity index is 1400. The molecule has 0 aliphatic carbocycles. The van der Waals surface area contributed by atoms with Gasteiger partial charge in [-0.2, -0.15) is 25.3 Å². The summed E-state index contributed by atoms with van der Waals surface area (Å²) < 4.78 is 88.0. The molecule has 0 saturated carbocycles. The fourth-order valence-corrected chi connectivity index (χ4v) is 3.52. The summed E-state index contributed by atoms with van der Waals surface area (Å²) in [6, 6.07) is 14.6. The van der Waals surface area contributed by atoms with E-state index < -0.39 is 41.0 Å². The molecule has 0 fully saturated rings. The van der Waals surface area contributed by atoms with Crippen LogP contribution in [0.15, 0.2) is 87.5 Å². The van der Waals surface area contributed by atoms with Crippen LogP contribution in [0.1, 0.15) is 0 Å². The largest absolute Gasteiger partial charge is 0.508 e.